The molecule has 0 radical (unpaired) electrons. The Labute approximate surface area is 80.2 Å². The third kappa shape index (κ3) is 1.73. The van der Waals surface area contributed by atoms with E-state index in [-0.39, 0.29) is 16.7 Å². The summed E-state index contributed by atoms with van der Waals surface area (Å²) in [5, 5.41) is 8.72. The highest BCUT2D eigenvalue weighted by Gasteiger charge is 2.18. The fourth-order valence-corrected chi connectivity index (χ4v) is 1.43. The number of benzene rings is 1. The Hall–Kier alpha value is -1.45. The fraction of sp³-hybridized carbons (Fsp3) is 0.300. The SMILES string of the molecule is Cc1ccc(C(=O)O)c(C)c1C(F)F. The van der Waals surface area contributed by atoms with Gasteiger partial charge in [-0.3, -0.25) is 0 Å². The summed E-state index contributed by atoms with van der Waals surface area (Å²) in [4.78, 5) is 10.7. The van der Waals surface area contributed by atoms with Crippen molar-refractivity contribution in [1.82, 2.24) is 0 Å². The number of carboxylic acids is 1. The van der Waals surface area contributed by atoms with E-state index in [4.69, 9.17) is 5.11 Å². The molecular weight excluding hydrogens is 190 g/mol. The molecule has 0 spiro atoms. The molecule has 0 saturated heterocycles. The second kappa shape index (κ2) is 3.74. The van der Waals surface area contributed by atoms with E-state index in [1.165, 1.54) is 19.1 Å². The Bertz CT molecular complexity index is 373. The molecule has 0 atom stereocenters. The van der Waals surface area contributed by atoms with Crippen LogP contribution < -0.4 is 0 Å². The van der Waals surface area contributed by atoms with Crippen molar-refractivity contribution in [2.75, 3.05) is 0 Å². The minimum atomic E-state index is -2.63. The molecule has 0 amide bonds. The molecule has 1 rings (SSSR count). The maximum Gasteiger partial charge on any atom is 0.335 e. The van der Waals surface area contributed by atoms with Crippen LogP contribution in [0.1, 0.15) is 33.5 Å². The van der Waals surface area contributed by atoms with Crippen molar-refractivity contribution in [3.63, 3.8) is 0 Å². The van der Waals surface area contributed by atoms with Crippen LogP contribution in [-0.4, -0.2) is 11.1 Å². The van der Waals surface area contributed by atoms with Crippen LogP contribution in [-0.2, 0) is 0 Å². The summed E-state index contributed by atoms with van der Waals surface area (Å²) in [6, 6.07) is 2.75. The number of halogens is 2. The molecule has 4 heteroatoms. The highest BCUT2D eigenvalue weighted by atomic mass is 19.3. The molecule has 2 nitrogen and oxygen atoms in total. The molecule has 0 aliphatic heterocycles. The highest BCUT2D eigenvalue weighted by molar-refractivity contribution is 5.89. The fourth-order valence-electron chi connectivity index (χ4n) is 1.43. The van der Waals surface area contributed by atoms with Crippen molar-refractivity contribution >= 4 is 5.97 Å². The summed E-state index contributed by atoms with van der Waals surface area (Å²) >= 11 is 0. The van der Waals surface area contributed by atoms with E-state index in [1.807, 2.05) is 0 Å². The van der Waals surface area contributed by atoms with Crippen molar-refractivity contribution in [2.45, 2.75) is 20.3 Å². The van der Waals surface area contributed by atoms with E-state index in [2.05, 4.69) is 0 Å². The zero-order valence-corrected chi connectivity index (χ0v) is 7.84. The first-order valence-electron chi connectivity index (χ1n) is 4.06. The molecular formula is C10H10F2O2. The molecule has 0 heterocycles. The molecule has 0 aromatic heterocycles. The van der Waals surface area contributed by atoms with E-state index < -0.39 is 12.4 Å². The normalized spacial score (nSPS) is 10.6. The smallest absolute Gasteiger partial charge is 0.335 e. The van der Waals surface area contributed by atoms with E-state index in [9.17, 15) is 13.6 Å². The predicted octanol–water partition coefficient (Wildman–Crippen LogP) is 2.94. The summed E-state index contributed by atoms with van der Waals surface area (Å²) in [6.45, 7) is 2.94. The molecule has 0 aliphatic rings. The van der Waals surface area contributed by atoms with Gasteiger partial charge in [0.2, 0.25) is 0 Å². The zero-order chi connectivity index (χ0) is 10.9. The number of aromatic carboxylic acids is 1. The number of carboxylic acid groups (broad SMARTS) is 1. The third-order valence-electron chi connectivity index (χ3n) is 2.18. The van der Waals surface area contributed by atoms with Gasteiger partial charge in [-0.15, -0.1) is 0 Å². The van der Waals surface area contributed by atoms with Crippen LogP contribution in [0.4, 0.5) is 8.78 Å². The molecule has 1 N–H and O–H groups in total. The predicted molar refractivity (Wildman–Crippen MR) is 47.8 cm³/mol. The summed E-state index contributed by atoms with van der Waals surface area (Å²) in [7, 11) is 0. The first-order valence-corrected chi connectivity index (χ1v) is 4.06. The molecule has 0 aliphatic carbocycles. The van der Waals surface area contributed by atoms with Gasteiger partial charge in [-0.1, -0.05) is 6.07 Å². The lowest BCUT2D eigenvalue weighted by Gasteiger charge is -2.10. The quantitative estimate of drug-likeness (QED) is 0.796. The molecule has 0 fully saturated rings. The van der Waals surface area contributed by atoms with E-state index >= 15 is 0 Å². The molecule has 14 heavy (non-hydrogen) atoms. The lowest BCUT2D eigenvalue weighted by Crippen LogP contribution is -2.04. The molecule has 76 valence electrons. The van der Waals surface area contributed by atoms with Gasteiger partial charge in [-0.2, -0.15) is 0 Å². The second-order valence-corrected chi connectivity index (χ2v) is 3.07. The van der Waals surface area contributed by atoms with Gasteiger partial charge in [-0.25, -0.2) is 13.6 Å². The molecule has 1 aromatic carbocycles. The zero-order valence-electron chi connectivity index (χ0n) is 7.84. The molecule has 0 saturated carbocycles. The Morgan fingerprint density at radius 1 is 1.36 bits per heavy atom. The maximum atomic E-state index is 12.5. The van der Waals surface area contributed by atoms with Crippen molar-refractivity contribution < 1.29 is 18.7 Å². The first-order chi connectivity index (χ1) is 6.45. The van der Waals surface area contributed by atoms with Crippen LogP contribution in [0.2, 0.25) is 0 Å². The van der Waals surface area contributed by atoms with Crippen LogP contribution in [0.5, 0.6) is 0 Å². The highest BCUT2D eigenvalue weighted by Crippen LogP contribution is 2.28. The van der Waals surface area contributed by atoms with Gasteiger partial charge >= 0.3 is 5.97 Å². The topological polar surface area (TPSA) is 37.3 Å². The lowest BCUT2D eigenvalue weighted by molar-refractivity contribution is 0.0695. The second-order valence-electron chi connectivity index (χ2n) is 3.07. The van der Waals surface area contributed by atoms with Crippen molar-refractivity contribution in [2.24, 2.45) is 0 Å². The summed E-state index contributed by atoms with van der Waals surface area (Å²) in [5.41, 5.74) is 0.325. The van der Waals surface area contributed by atoms with Crippen LogP contribution >= 0.6 is 0 Å². The van der Waals surface area contributed by atoms with E-state index in [0.717, 1.165) is 0 Å². The summed E-state index contributed by atoms with van der Waals surface area (Å²) in [5.74, 6) is -1.18. The minimum absolute atomic E-state index is 0.0640. The molecule has 0 bridgehead atoms. The molecule has 1 aromatic rings. The standard InChI is InChI=1S/C10H10F2O2/c1-5-3-4-7(10(13)14)6(2)8(5)9(11)12/h3-4,9H,1-2H3,(H,13,14). The van der Waals surface area contributed by atoms with Gasteiger partial charge in [-0.05, 0) is 31.0 Å². The van der Waals surface area contributed by atoms with Gasteiger partial charge < -0.3 is 5.11 Å². The van der Waals surface area contributed by atoms with E-state index in [1.54, 1.807) is 6.92 Å². The average Bonchev–Trinajstić information content (AvgIpc) is 2.02. The number of hydrogen-bond acceptors (Lipinski definition) is 1. The average molecular weight is 200 g/mol. The lowest BCUT2D eigenvalue weighted by atomic mass is 9.98. The van der Waals surface area contributed by atoms with Gasteiger partial charge in [0, 0.05) is 5.56 Å². The number of aryl methyl sites for hydroxylation is 1. The summed E-state index contributed by atoms with van der Waals surface area (Å²) < 4.78 is 25.1. The number of alkyl halides is 2. The Morgan fingerprint density at radius 3 is 2.36 bits per heavy atom. The summed E-state index contributed by atoms with van der Waals surface area (Å²) in [6.07, 6.45) is -2.63. The van der Waals surface area contributed by atoms with Crippen LogP contribution in [0, 0.1) is 13.8 Å². The minimum Gasteiger partial charge on any atom is -0.478 e. The van der Waals surface area contributed by atoms with Crippen molar-refractivity contribution in [3.05, 3.63) is 34.4 Å². The monoisotopic (exact) mass is 200 g/mol. The first kappa shape index (κ1) is 10.6. The van der Waals surface area contributed by atoms with Gasteiger partial charge in [0.25, 0.3) is 6.43 Å². The van der Waals surface area contributed by atoms with Crippen molar-refractivity contribution in [3.8, 4) is 0 Å². The Balaban J connectivity index is 3.41. The Morgan fingerprint density at radius 2 is 1.93 bits per heavy atom. The van der Waals surface area contributed by atoms with Gasteiger partial charge in [0.15, 0.2) is 0 Å². The molecule has 0 unspecified atom stereocenters. The van der Waals surface area contributed by atoms with E-state index in [0.29, 0.717) is 5.56 Å². The number of carbonyl (C=O) groups is 1. The maximum absolute atomic E-state index is 12.5. The number of rotatable bonds is 2. The Kier molecular flexibility index (Phi) is 2.84. The van der Waals surface area contributed by atoms with Gasteiger partial charge in [0.05, 0.1) is 5.56 Å². The largest absolute Gasteiger partial charge is 0.478 e. The van der Waals surface area contributed by atoms with Crippen LogP contribution in [0.3, 0.4) is 0 Å². The van der Waals surface area contributed by atoms with Crippen LogP contribution in [0.15, 0.2) is 12.1 Å². The number of hydrogen-bond donors (Lipinski definition) is 1. The van der Waals surface area contributed by atoms with Gasteiger partial charge in [0.1, 0.15) is 0 Å². The van der Waals surface area contributed by atoms with Crippen LogP contribution in [0.25, 0.3) is 0 Å². The third-order valence-corrected chi connectivity index (χ3v) is 2.18. The van der Waals surface area contributed by atoms with Crippen molar-refractivity contribution in [1.29, 1.82) is 0 Å².